The second-order valence-electron chi connectivity index (χ2n) is 1.91. The average molecular weight is 139 g/mol. The van der Waals surface area contributed by atoms with Gasteiger partial charge in [-0.2, -0.15) is 0 Å². The minimum Gasteiger partial charge on any atom is -0.374 e. The summed E-state index contributed by atoms with van der Waals surface area (Å²) in [7, 11) is 0. The minimum atomic E-state index is -1.53. The Morgan fingerprint density at radius 3 is 2.62 bits per heavy atom. The highest BCUT2D eigenvalue weighted by molar-refractivity contribution is 6.25. The Bertz CT molecular complexity index is 94.4. The van der Waals surface area contributed by atoms with Gasteiger partial charge in [-0.25, -0.2) is 4.39 Å². The lowest BCUT2D eigenvalue weighted by molar-refractivity contribution is 0.106. The molecule has 0 N–H and O–H groups in total. The number of ether oxygens (including phenoxy) is 1. The van der Waals surface area contributed by atoms with Crippen LogP contribution in [-0.2, 0) is 4.74 Å². The first kappa shape index (κ1) is 6.30. The molecule has 0 heterocycles. The molecule has 2 atom stereocenters. The van der Waals surface area contributed by atoms with Crippen molar-refractivity contribution in [2.45, 2.75) is 24.6 Å². The number of rotatable bonds is 2. The monoisotopic (exact) mass is 138 g/mol. The van der Waals surface area contributed by atoms with Crippen LogP contribution in [0.25, 0.3) is 0 Å². The van der Waals surface area contributed by atoms with Gasteiger partial charge in [0.25, 0.3) is 0 Å². The highest BCUT2D eigenvalue weighted by atomic mass is 35.5. The van der Waals surface area contributed by atoms with Gasteiger partial charge in [0.15, 0.2) is 0 Å². The van der Waals surface area contributed by atoms with Gasteiger partial charge < -0.3 is 4.74 Å². The number of hydrogen-bond donors (Lipinski definition) is 0. The summed E-state index contributed by atoms with van der Waals surface area (Å²) in [5.41, 5.74) is 0. The Labute approximate surface area is 52.8 Å². The smallest absolute Gasteiger partial charge is 0.212 e. The zero-order valence-corrected chi connectivity index (χ0v) is 5.41. The average Bonchev–Trinajstić information content (AvgIpc) is 2.15. The zero-order valence-electron chi connectivity index (χ0n) is 4.66. The first-order chi connectivity index (χ1) is 3.67. The predicted octanol–water partition coefficient (Wildman–Crippen LogP) is 1.70. The molecule has 0 spiro atoms. The maximum atomic E-state index is 12.3. The van der Waals surface area contributed by atoms with Crippen LogP contribution < -0.4 is 0 Å². The van der Waals surface area contributed by atoms with Crippen LogP contribution in [-0.4, -0.2) is 17.8 Å². The molecule has 3 heteroatoms. The second-order valence-corrected chi connectivity index (χ2v) is 2.54. The van der Waals surface area contributed by atoms with Crippen molar-refractivity contribution in [2.24, 2.45) is 0 Å². The normalized spacial score (nSPS) is 44.6. The third kappa shape index (κ3) is 1.12. The van der Waals surface area contributed by atoms with Gasteiger partial charge in [-0.1, -0.05) is 11.6 Å². The molecular formula is C5H8ClFO. The van der Waals surface area contributed by atoms with E-state index in [-0.39, 0.29) is 6.10 Å². The third-order valence-electron chi connectivity index (χ3n) is 1.14. The van der Waals surface area contributed by atoms with Crippen molar-refractivity contribution < 1.29 is 9.13 Å². The highest BCUT2D eigenvalue weighted by Gasteiger charge is 2.55. The lowest BCUT2D eigenvalue weighted by atomic mass is 10.8. The first-order valence-corrected chi connectivity index (χ1v) is 3.04. The fourth-order valence-electron chi connectivity index (χ4n) is 0.570. The standard InChI is InChI=1S/C5H8ClFO/c1-2-8-4-3-5(4,6)7/h4H,2-3H2,1H3/t4-,5-/m0/s1. The topological polar surface area (TPSA) is 9.23 Å². The van der Waals surface area contributed by atoms with E-state index in [9.17, 15) is 4.39 Å². The molecule has 1 saturated carbocycles. The summed E-state index contributed by atoms with van der Waals surface area (Å²) in [6, 6.07) is 0. The molecule has 1 aliphatic rings. The van der Waals surface area contributed by atoms with E-state index in [0.717, 1.165) is 0 Å². The minimum absolute atomic E-state index is 0.339. The summed E-state index contributed by atoms with van der Waals surface area (Å²) in [5.74, 6) is 0. The Morgan fingerprint density at radius 2 is 2.50 bits per heavy atom. The van der Waals surface area contributed by atoms with Crippen molar-refractivity contribution in [1.29, 1.82) is 0 Å². The lowest BCUT2D eigenvalue weighted by Gasteiger charge is -1.95. The molecule has 0 aromatic heterocycles. The van der Waals surface area contributed by atoms with Gasteiger partial charge >= 0.3 is 0 Å². The van der Waals surface area contributed by atoms with E-state index in [1.54, 1.807) is 0 Å². The maximum Gasteiger partial charge on any atom is 0.212 e. The summed E-state index contributed by atoms with van der Waals surface area (Å²) in [6.07, 6.45) is 0.0109. The van der Waals surface area contributed by atoms with E-state index in [4.69, 9.17) is 16.3 Å². The Morgan fingerprint density at radius 1 is 2.00 bits per heavy atom. The maximum absolute atomic E-state index is 12.3. The van der Waals surface area contributed by atoms with Gasteiger partial charge in [-0.3, -0.25) is 0 Å². The van der Waals surface area contributed by atoms with Crippen LogP contribution in [0.2, 0.25) is 0 Å². The van der Waals surface area contributed by atoms with Crippen molar-refractivity contribution in [3.63, 3.8) is 0 Å². The molecule has 0 aromatic rings. The van der Waals surface area contributed by atoms with E-state index >= 15 is 0 Å². The van der Waals surface area contributed by atoms with Crippen LogP contribution in [0.3, 0.4) is 0 Å². The van der Waals surface area contributed by atoms with Crippen LogP contribution in [0.4, 0.5) is 4.39 Å². The molecule has 48 valence electrons. The molecule has 0 bridgehead atoms. The van der Waals surface area contributed by atoms with Gasteiger partial charge in [-0.15, -0.1) is 0 Å². The predicted molar refractivity (Wildman–Crippen MR) is 29.7 cm³/mol. The fraction of sp³-hybridized carbons (Fsp3) is 1.00. The zero-order chi connectivity index (χ0) is 6.20. The molecule has 0 amide bonds. The van der Waals surface area contributed by atoms with Crippen LogP contribution in [0.5, 0.6) is 0 Å². The first-order valence-electron chi connectivity index (χ1n) is 2.66. The summed E-state index contributed by atoms with van der Waals surface area (Å²) in [6.45, 7) is 2.37. The van der Waals surface area contributed by atoms with Crippen LogP contribution in [0.1, 0.15) is 13.3 Å². The van der Waals surface area contributed by atoms with Crippen LogP contribution in [0.15, 0.2) is 0 Å². The molecule has 0 unspecified atom stereocenters. The molecule has 0 aromatic carbocycles. The molecule has 0 aliphatic heterocycles. The quantitative estimate of drug-likeness (QED) is 0.528. The van der Waals surface area contributed by atoms with Crippen LogP contribution >= 0.6 is 11.6 Å². The Kier molecular flexibility index (Phi) is 1.46. The van der Waals surface area contributed by atoms with Crippen molar-refractivity contribution in [3.05, 3.63) is 0 Å². The molecule has 0 saturated heterocycles. The van der Waals surface area contributed by atoms with Crippen molar-refractivity contribution in [1.82, 2.24) is 0 Å². The van der Waals surface area contributed by atoms with Gasteiger partial charge in [0.05, 0.1) is 0 Å². The van der Waals surface area contributed by atoms with Gasteiger partial charge in [0.2, 0.25) is 5.13 Å². The van der Waals surface area contributed by atoms with Crippen molar-refractivity contribution in [3.8, 4) is 0 Å². The van der Waals surface area contributed by atoms with E-state index < -0.39 is 5.13 Å². The molecule has 1 rings (SSSR count). The molecule has 1 aliphatic carbocycles. The summed E-state index contributed by atoms with van der Waals surface area (Å²) in [5, 5.41) is -1.53. The largest absolute Gasteiger partial charge is 0.374 e. The van der Waals surface area contributed by atoms with E-state index in [0.29, 0.717) is 13.0 Å². The number of halogens is 2. The van der Waals surface area contributed by atoms with Crippen LogP contribution in [0, 0.1) is 0 Å². The van der Waals surface area contributed by atoms with E-state index in [1.165, 1.54) is 0 Å². The third-order valence-corrected chi connectivity index (χ3v) is 1.53. The summed E-state index contributed by atoms with van der Waals surface area (Å²) in [4.78, 5) is 0. The van der Waals surface area contributed by atoms with Gasteiger partial charge in [0.1, 0.15) is 6.10 Å². The van der Waals surface area contributed by atoms with E-state index in [2.05, 4.69) is 0 Å². The Hall–Kier alpha value is 0.180. The number of hydrogen-bond acceptors (Lipinski definition) is 1. The highest BCUT2D eigenvalue weighted by Crippen LogP contribution is 2.46. The van der Waals surface area contributed by atoms with Crippen molar-refractivity contribution >= 4 is 11.6 Å². The van der Waals surface area contributed by atoms with E-state index in [1.807, 2.05) is 6.92 Å². The lowest BCUT2D eigenvalue weighted by Crippen LogP contribution is -2.01. The van der Waals surface area contributed by atoms with Gasteiger partial charge in [-0.05, 0) is 6.92 Å². The molecule has 8 heavy (non-hydrogen) atoms. The number of alkyl halides is 2. The van der Waals surface area contributed by atoms with Crippen molar-refractivity contribution in [2.75, 3.05) is 6.61 Å². The summed E-state index contributed by atoms with van der Waals surface area (Å²) < 4.78 is 17.2. The van der Waals surface area contributed by atoms with Gasteiger partial charge in [0, 0.05) is 13.0 Å². The summed E-state index contributed by atoms with van der Waals surface area (Å²) >= 11 is 5.19. The fourth-order valence-corrected chi connectivity index (χ4v) is 0.773. The molecular weight excluding hydrogens is 131 g/mol. The molecule has 1 nitrogen and oxygen atoms in total. The Balaban J connectivity index is 2.17. The SMILES string of the molecule is CCO[C@H]1C[C@@]1(F)Cl. The molecule has 1 fully saturated rings. The molecule has 0 radical (unpaired) electrons. The second kappa shape index (κ2) is 1.85.